The van der Waals surface area contributed by atoms with Gasteiger partial charge in [0.25, 0.3) is 0 Å². The summed E-state index contributed by atoms with van der Waals surface area (Å²) in [5, 5.41) is 12.1. The van der Waals surface area contributed by atoms with Gasteiger partial charge in [-0.3, -0.25) is 4.79 Å². The van der Waals surface area contributed by atoms with Crippen molar-refractivity contribution in [3.8, 4) is 0 Å². The van der Waals surface area contributed by atoms with Crippen LogP contribution in [0.3, 0.4) is 0 Å². The summed E-state index contributed by atoms with van der Waals surface area (Å²) in [5.41, 5.74) is 1.29. The van der Waals surface area contributed by atoms with Gasteiger partial charge in [-0.15, -0.1) is 0 Å². The van der Waals surface area contributed by atoms with Gasteiger partial charge in [0.2, 0.25) is 0 Å². The van der Waals surface area contributed by atoms with Crippen molar-refractivity contribution < 1.29 is 9.90 Å². The van der Waals surface area contributed by atoms with Crippen LogP contribution in [0.25, 0.3) is 0 Å². The minimum Gasteiger partial charge on any atom is -0.481 e. The first-order valence-corrected chi connectivity index (χ1v) is 5.85. The molecule has 16 heavy (non-hydrogen) atoms. The Kier molecular flexibility index (Phi) is 3.97. The minimum absolute atomic E-state index is 0.401. The minimum atomic E-state index is -0.799. The fourth-order valence-corrected chi connectivity index (χ4v) is 1.84. The van der Waals surface area contributed by atoms with Crippen LogP contribution in [0, 0.1) is 12.3 Å². The Morgan fingerprint density at radius 3 is 2.56 bits per heavy atom. The number of rotatable bonds is 4. The zero-order valence-corrected chi connectivity index (χ0v) is 11.3. The van der Waals surface area contributed by atoms with E-state index in [1.807, 2.05) is 25.1 Å². The molecule has 1 aromatic rings. The highest BCUT2D eigenvalue weighted by Gasteiger charge is 2.26. The maximum absolute atomic E-state index is 10.9. The number of carboxylic acids is 1. The number of hydrogen-bond acceptors (Lipinski definition) is 2. The zero-order chi connectivity index (χ0) is 12.3. The maximum Gasteiger partial charge on any atom is 0.310 e. The van der Waals surface area contributed by atoms with Crippen LogP contribution in [0.4, 0.5) is 5.69 Å². The molecule has 0 saturated carbocycles. The summed E-state index contributed by atoms with van der Waals surface area (Å²) in [6.45, 7) is 5.80. The van der Waals surface area contributed by atoms with E-state index in [9.17, 15) is 4.79 Å². The van der Waals surface area contributed by atoms with Crippen molar-refractivity contribution in [2.24, 2.45) is 5.41 Å². The second-order valence-corrected chi connectivity index (χ2v) is 5.48. The van der Waals surface area contributed by atoms with E-state index in [-0.39, 0.29) is 0 Å². The normalized spacial score (nSPS) is 11.2. The molecular formula is C12H16BrNO2. The summed E-state index contributed by atoms with van der Waals surface area (Å²) in [7, 11) is 0. The second kappa shape index (κ2) is 4.87. The van der Waals surface area contributed by atoms with Gasteiger partial charge >= 0.3 is 5.97 Å². The second-order valence-electron chi connectivity index (χ2n) is 4.56. The zero-order valence-electron chi connectivity index (χ0n) is 9.67. The van der Waals surface area contributed by atoms with Gasteiger partial charge in [-0.25, -0.2) is 0 Å². The van der Waals surface area contributed by atoms with E-state index >= 15 is 0 Å². The van der Waals surface area contributed by atoms with E-state index in [0.717, 1.165) is 15.7 Å². The summed E-state index contributed by atoms with van der Waals surface area (Å²) >= 11 is 3.41. The number of nitrogens with one attached hydrogen (secondary N) is 1. The largest absolute Gasteiger partial charge is 0.481 e. The molecule has 0 radical (unpaired) electrons. The van der Waals surface area contributed by atoms with Crippen LogP contribution in [0.1, 0.15) is 19.4 Å². The van der Waals surface area contributed by atoms with E-state index in [1.165, 1.54) is 0 Å². The number of aliphatic carboxylic acids is 1. The molecule has 3 nitrogen and oxygen atoms in total. The number of anilines is 1. The highest BCUT2D eigenvalue weighted by atomic mass is 79.9. The Bertz CT molecular complexity index is 382. The molecule has 0 heterocycles. The van der Waals surface area contributed by atoms with E-state index in [2.05, 4.69) is 21.2 Å². The molecule has 4 heteroatoms. The van der Waals surface area contributed by atoms with Crippen LogP contribution >= 0.6 is 15.9 Å². The molecule has 1 rings (SSSR count). The van der Waals surface area contributed by atoms with Crippen molar-refractivity contribution in [2.75, 3.05) is 11.9 Å². The number of aryl methyl sites for hydroxylation is 1. The maximum atomic E-state index is 10.9. The molecule has 0 aliphatic carbocycles. The van der Waals surface area contributed by atoms with E-state index < -0.39 is 11.4 Å². The predicted octanol–water partition coefficient (Wildman–Crippen LogP) is 3.28. The quantitative estimate of drug-likeness (QED) is 0.893. The lowest BCUT2D eigenvalue weighted by atomic mass is 9.94. The lowest BCUT2D eigenvalue weighted by Crippen LogP contribution is -2.31. The van der Waals surface area contributed by atoms with Crippen molar-refractivity contribution in [1.82, 2.24) is 0 Å². The third-order valence-corrected chi connectivity index (χ3v) is 2.81. The van der Waals surface area contributed by atoms with Crippen LogP contribution in [-0.4, -0.2) is 17.6 Å². The Morgan fingerprint density at radius 2 is 2.06 bits per heavy atom. The topological polar surface area (TPSA) is 49.3 Å². The fourth-order valence-electron chi connectivity index (χ4n) is 1.24. The smallest absolute Gasteiger partial charge is 0.310 e. The van der Waals surface area contributed by atoms with Gasteiger partial charge < -0.3 is 10.4 Å². The first kappa shape index (κ1) is 13.0. The number of halogens is 1. The molecule has 0 atom stereocenters. The number of carbonyl (C=O) groups is 1. The Balaban J connectivity index is 2.71. The summed E-state index contributed by atoms with van der Waals surface area (Å²) < 4.78 is 0.989. The van der Waals surface area contributed by atoms with Crippen LogP contribution in [0.5, 0.6) is 0 Å². The average molecular weight is 286 g/mol. The third kappa shape index (κ3) is 3.52. The van der Waals surface area contributed by atoms with Gasteiger partial charge in [0.15, 0.2) is 0 Å². The van der Waals surface area contributed by atoms with E-state index in [1.54, 1.807) is 13.8 Å². The Hall–Kier alpha value is -1.03. The van der Waals surface area contributed by atoms with Crippen LogP contribution in [-0.2, 0) is 4.79 Å². The number of hydrogen-bond donors (Lipinski definition) is 2. The molecule has 0 unspecified atom stereocenters. The summed E-state index contributed by atoms with van der Waals surface area (Å²) in [6, 6.07) is 5.93. The Morgan fingerprint density at radius 1 is 1.44 bits per heavy atom. The molecule has 0 saturated heterocycles. The monoisotopic (exact) mass is 285 g/mol. The van der Waals surface area contributed by atoms with E-state index in [4.69, 9.17) is 5.11 Å². The lowest BCUT2D eigenvalue weighted by Gasteiger charge is -2.20. The van der Waals surface area contributed by atoms with Gasteiger partial charge in [-0.1, -0.05) is 15.9 Å². The SMILES string of the molecule is Cc1cc(Br)cc(NCC(C)(C)C(=O)O)c1. The third-order valence-electron chi connectivity index (χ3n) is 2.36. The van der Waals surface area contributed by atoms with Crippen LogP contribution in [0.2, 0.25) is 0 Å². The molecule has 88 valence electrons. The first-order chi connectivity index (χ1) is 7.31. The Labute approximate surface area is 104 Å². The number of benzene rings is 1. The molecule has 2 N–H and O–H groups in total. The summed E-state index contributed by atoms with van der Waals surface area (Å²) in [6.07, 6.45) is 0. The molecule has 0 aliphatic rings. The molecule has 1 aromatic carbocycles. The molecule has 0 spiro atoms. The van der Waals surface area contributed by atoms with E-state index in [0.29, 0.717) is 6.54 Å². The molecule has 0 aliphatic heterocycles. The van der Waals surface area contributed by atoms with Gasteiger partial charge in [0.05, 0.1) is 5.41 Å². The first-order valence-electron chi connectivity index (χ1n) is 5.06. The van der Waals surface area contributed by atoms with Crippen molar-refractivity contribution in [1.29, 1.82) is 0 Å². The summed E-state index contributed by atoms with van der Waals surface area (Å²) in [4.78, 5) is 10.9. The average Bonchev–Trinajstić information content (AvgIpc) is 2.13. The molecule has 0 fully saturated rings. The standard InChI is InChI=1S/C12H16BrNO2/c1-8-4-9(13)6-10(5-8)14-7-12(2,3)11(15)16/h4-6,14H,7H2,1-3H3,(H,15,16). The van der Waals surface area contributed by atoms with Gasteiger partial charge in [-0.2, -0.15) is 0 Å². The molecule has 0 amide bonds. The van der Waals surface area contributed by atoms with Gasteiger partial charge in [-0.05, 0) is 44.5 Å². The lowest BCUT2D eigenvalue weighted by molar-refractivity contribution is -0.146. The number of carboxylic acid groups (broad SMARTS) is 1. The van der Waals surface area contributed by atoms with Crippen molar-refractivity contribution in [3.63, 3.8) is 0 Å². The highest BCUT2D eigenvalue weighted by molar-refractivity contribution is 9.10. The molecule has 0 aromatic heterocycles. The fraction of sp³-hybridized carbons (Fsp3) is 0.417. The van der Waals surface area contributed by atoms with Crippen LogP contribution in [0.15, 0.2) is 22.7 Å². The predicted molar refractivity (Wildman–Crippen MR) is 68.8 cm³/mol. The van der Waals surface area contributed by atoms with Crippen molar-refractivity contribution in [2.45, 2.75) is 20.8 Å². The van der Waals surface area contributed by atoms with Crippen molar-refractivity contribution in [3.05, 3.63) is 28.2 Å². The molecular weight excluding hydrogens is 270 g/mol. The van der Waals surface area contributed by atoms with Crippen molar-refractivity contribution >= 4 is 27.6 Å². The van der Waals surface area contributed by atoms with Gasteiger partial charge in [0, 0.05) is 16.7 Å². The highest BCUT2D eigenvalue weighted by Crippen LogP contribution is 2.21. The van der Waals surface area contributed by atoms with Crippen LogP contribution < -0.4 is 5.32 Å². The summed E-state index contributed by atoms with van der Waals surface area (Å²) in [5.74, 6) is -0.799. The molecule has 0 bridgehead atoms. The van der Waals surface area contributed by atoms with Gasteiger partial charge in [0.1, 0.15) is 0 Å².